The molecule has 0 aliphatic carbocycles. The van der Waals surface area contributed by atoms with E-state index in [4.69, 9.17) is 5.73 Å². The van der Waals surface area contributed by atoms with Gasteiger partial charge in [-0.3, -0.25) is 9.59 Å². The molecular weight excluding hydrogens is 236 g/mol. The van der Waals surface area contributed by atoms with Crippen molar-refractivity contribution in [3.63, 3.8) is 0 Å². The van der Waals surface area contributed by atoms with Crippen molar-refractivity contribution in [1.29, 1.82) is 0 Å². The van der Waals surface area contributed by atoms with Gasteiger partial charge in [0.15, 0.2) is 0 Å². The highest BCUT2D eigenvalue weighted by molar-refractivity contribution is 5.77. The number of amides is 2. The van der Waals surface area contributed by atoms with Gasteiger partial charge in [-0.05, 0) is 0 Å². The molecule has 0 saturated carbocycles. The van der Waals surface area contributed by atoms with Gasteiger partial charge in [0, 0.05) is 33.1 Å². The van der Waals surface area contributed by atoms with E-state index >= 15 is 0 Å². The molecule has 0 aromatic carbocycles. The van der Waals surface area contributed by atoms with Gasteiger partial charge in [0.2, 0.25) is 17.8 Å². The van der Waals surface area contributed by atoms with E-state index in [1.165, 1.54) is 17.9 Å². The number of nitrogens with zero attached hydrogens (tertiary/aromatic N) is 5. The number of anilines is 1. The quantitative estimate of drug-likeness (QED) is 0.694. The fourth-order valence-corrected chi connectivity index (χ4v) is 1.89. The summed E-state index contributed by atoms with van der Waals surface area (Å²) >= 11 is 0. The van der Waals surface area contributed by atoms with Gasteiger partial charge in [0.05, 0.1) is 0 Å². The maximum Gasteiger partial charge on any atom is 0.244 e. The molecule has 1 saturated heterocycles. The van der Waals surface area contributed by atoms with Gasteiger partial charge >= 0.3 is 0 Å². The molecule has 8 nitrogen and oxygen atoms in total. The van der Waals surface area contributed by atoms with Gasteiger partial charge in [-0.1, -0.05) is 0 Å². The predicted molar refractivity (Wildman–Crippen MR) is 63.3 cm³/mol. The number of aromatic nitrogens is 3. The molecule has 8 heteroatoms. The number of nitrogens with two attached hydrogens (primary N) is 1. The molecule has 2 rings (SSSR count). The Kier molecular flexibility index (Phi) is 3.45. The molecule has 0 radical (unpaired) electrons. The molecular formula is C10H16N6O2. The Morgan fingerprint density at radius 1 is 1.28 bits per heavy atom. The number of rotatable bonds is 2. The summed E-state index contributed by atoms with van der Waals surface area (Å²) in [6.07, 6.45) is 1.43. The van der Waals surface area contributed by atoms with E-state index < -0.39 is 0 Å². The van der Waals surface area contributed by atoms with Gasteiger partial charge in [-0.25, -0.2) is 9.67 Å². The summed E-state index contributed by atoms with van der Waals surface area (Å²) in [6.45, 7) is 3.95. The van der Waals surface area contributed by atoms with Gasteiger partial charge in [0.1, 0.15) is 12.9 Å². The Hall–Kier alpha value is -2.12. The highest BCUT2D eigenvalue weighted by Crippen LogP contribution is 2.03. The van der Waals surface area contributed by atoms with Crippen molar-refractivity contribution in [3.05, 3.63) is 6.33 Å². The molecule has 2 heterocycles. The van der Waals surface area contributed by atoms with Crippen LogP contribution < -0.4 is 5.73 Å². The van der Waals surface area contributed by atoms with Crippen LogP contribution in [0.2, 0.25) is 0 Å². The zero-order chi connectivity index (χ0) is 13.1. The Bertz CT molecular complexity index is 449. The summed E-state index contributed by atoms with van der Waals surface area (Å²) in [5.74, 6) is 0.165. The normalized spacial score (nSPS) is 15.8. The second-order valence-electron chi connectivity index (χ2n) is 4.19. The van der Waals surface area contributed by atoms with Gasteiger partial charge in [0.25, 0.3) is 0 Å². The molecule has 2 amide bonds. The van der Waals surface area contributed by atoms with Gasteiger partial charge < -0.3 is 15.5 Å². The third kappa shape index (κ3) is 2.76. The summed E-state index contributed by atoms with van der Waals surface area (Å²) in [7, 11) is 0. The van der Waals surface area contributed by atoms with E-state index in [9.17, 15) is 9.59 Å². The minimum absolute atomic E-state index is 0.0388. The summed E-state index contributed by atoms with van der Waals surface area (Å²) in [5.41, 5.74) is 5.37. The lowest BCUT2D eigenvalue weighted by molar-refractivity contribution is -0.138. The van der Waals surface area contributed by atoms with E-state index in [-0.39, 0.29) is 24.3 Å². The molecule has 1 aromatic rings. The zero-order valence-corrected chi connectivity index (χ0v) is 10.2. The fraction of sp³-hybridized carbons (Fsp3) is 0.600. The second-order valence-corrected chi connectivity index (χ2v) is 4.19. The number of carbonyl (C=O) groups excluding carboxylic acids is 2. The van der Waals surface area contributed by atoms with Crippen LogP contribution in [0.4, 0.5) is 5.95 Å². The van der Waals surface area contributed by atoms with Crippen LogP contribution in [0.3, 0.4) is 0 Å². The van der Waals surface area contributed by atoms with E-state index in [2.05, 4.69) is 10.1 Å². The van der Waals surface area contributed by atoms with Crippen LogP contribution in [0.25, 0.3) is 0 Å². The van der Waals surface area contributed by atoms with E-state index in [1.807, 2.05) is 0 Å². The van der Waals surface area contributed by atoms with Crippen molar-refractivity contribution in [2.75, 3.05) is 31.9 Å². The standard InChI is InChI=1S/C10H16N6O2/c1-8(17)14-2-4-15(5-3-14)9(18)6-16-7-12-10(11)13-16/h7H,2-6H2,1H3,(H2,11,13). The van der Waals surface area contributed by atoms with Crippen LogP contribution in [0.1, 0.15) is 6.92 Å². The summed E-state index contributed by atoms with van der Waals surface area (Å²) in [4.78, 5) is 30.3. The number of hydrogen-bond acceptors (Lipinski definition) is 5. The predicted octanol–water partition coefficient (Wildman–Crippen LogP) is -1.45. The van der Waals surface area contributed by atoms with Crippen LogP contribution in [0, 0.1) is 0 Å². The molecule has 0 unspecified atom stereocenters. The summed E-state index contributed by atoms with van der Waals surface area (Å²) in [6, 6.07) is 0. The monoisotopic (exact) mass is 252 g/mol. The molecule has 1 fully saturated rings. The topological polar surface area (TPSA) is 97.4 Å². The van der Waals surface area contributed by atoms with Crippen LogP contribution in [-0.2, 0) is 16.1 Å². The molecule has 0 atom stereocenters. The number of carbonyl (C=O) groups is 2. The molecule has 1 aromatic heterocycles. The van der Waals surface area contributed by atoms with E-state index in [0.717, 1.165) is 0 Å². The molecule has 98 valence electrons. The van der Waals surface area contributed by atoms with E-state index in [0.29, 0.717) is 26.2 Å². The van der Waals surface area contributed by atoms with Crippen LogP contribution >= 0.6 is 0 Å². The largest absolute Gasteiger partial charge is 0.367 e. The molecule has 2 N–H and O–H groups in total. The minimum atomic E-state index is -0.0388. The third-order valence-corrected chi connectivity index (χ3v) is 2.93. The first-order chi connectivity index (χ1) is 8.56. The Morgan fingerprint density at radius 2 is 1.89 bits per heavy atom. The van der Waals surface area contributed by atoms with Crippen molar-refractivity contribution in [2.24, 2.45) is 0 Å². The average molecular weight is 252 g/mol. The van der Waals surface area contributed by atoms with E-state index in [1.54, 1.807) is 9.80 Å². The lowest BCUT2D eigenvalue weighted by Crippen LogP contribution is -2.50. The Balaban J connectivity index is 1.86. The van der Waals surface area contributed by atoms with Gasteiger partial charge in [-0.2, -0.15) is 0 Å². The van der Waals surface area contributed by atoms with Crippen LogP contribution in [-0.4, -0.2) is 62.6 Å². The number of piperazine rings is 1. The third-order valence-electron chi connectivity index (χ3n) is 2.93. The zero-order valence-electron chi connectivity index (χ0n) is 10.2. The first-order valence-electron chi connectivity index (χ1n) is 5.74. The highest BCUT2D eigenvalue weighted by atomic mass is 16.2. The lowest BCUT2D eigenvalue weighted by atomic mass is 10.3. The fourth-order valence-electron chi connectivity index (χ4n) is 1.89. The van der Waals surface area contributed by atoms with Crippen molar-refractivity contribution in [3.8, 4) is 0 Å². The van der Waals surface area contributed by atoms with Crippen LogP contribution in [0.15, 0.2) is 6.33 Å². The summed E-state index contributed by atoms with van der Waals surface area (Å²) < 4.78 is 1.41. The molecule has 1 aliphatic rings. The van der Waals surface area contributed by atoms with Crippen molar-refractivity contribution in [2.45, 2.75) is 13.5 Å². The molecule has 0 bridgehead atoms. The van der Waals surface area contributed by atoms with Crippen molar-refractivity contribution < 1.29 is 9.59 Å². The van der Waals surface area contributed by atoms with Crippen LogP contribution in [0.5, 0.6) is 0 Å². The Labute approximate surface area is 104 Å². The Morgan fingerprint density at radius 3 is 2.39 bits per heavy atom. The first-order valence-corrected chi connectivity index (χ1v) is 5.74. The number of nitrogen functional groups attached to an aromatic ring is 1. The van der Waals surface area contributed by atoms with Gasteiger partial charge in [-0.15, -0.1) is 5.10 Å². The van der Waals surface area contributed by atoms with Crippen molar-refractivity contribution in [1.82, 2.24) is 24.6 Å². The second kappa shape index (κ2) is 5.03. The van der Waals surface area contributed by atoms with Crippen molar-refractivity contribution >= 4 is 17.8 Å². The maximum absolute atomic E-state index is 11.9. The molecule has 18 heavy (non-hydrogen) atoms. The minimum Gasteiger partial charge on any atom is -0.367 e. The summed E-state index contributed by atoms with van der Waals surface area (Å²) in [5, 5.41) is 3.86. The SMILES string of the molecule is CC(=O)N1CCN(C(=O)Cn2cnc(N)n2)CC1. The average Bonchev–Trinajstić information content (AvgIpc) is 2.75. The molecule has 0 spiro atoms. The highest BCUT2D eigenvalue weighted by Gasteiger charge is 2.22. The number of hydrogen-bond donors (Lipinski definition) is 1. The molecule has 1 aliphatic heterocycles. The first kappa shape index (κ1) is 12.3. The smallest absolute Gasteiger partial charge is 0.244 e. The lowest BCUT2D eigenvalue weighted by Gasteiger charge is -2.34. The maximum atomic E-state index is 11.9.